The minimum Gasteiger partial charge on any atom is -0.396 e. The zero-order valence-corrected chi connectivity index (χ0v) is 11.6. The van der Waals surface area contributed by atoms with Gasteiger partial charge in [0, 0.05) is 6.61 Å². The summed E-state index contributed by atoms with van der Waals surface area (Å²) in [6.45, 7) is 6.87. The van der Waals surface area contributed by atoms with Crippen molar-refractivity contribution in [1.82, 2.24) is 5.32 Å². The van der Waals surface area contributed by atoms with E-state index in [9.17, 15) is 5.11 Å². The second kappa shape index (κ2) is 6.35. The van der Waals surface area contributed by atoms with E-state index >= 15 is 0 Å². The highest BCUT2D eigenvalue weighted by molar-refractivity contribution is 5.32. The summed E-state index contributed by atoms with van der Waals surface area (Å²) in [6, 6.07) is 6.79. The lowest BCUT2D eigenvalue weighted by molar-refractivity contribution is 0.233. The molecule has 1 unspecified atom stereocenters. The van der Waals surface area contributed by atoms with Crippen LogP contribution in [0.15, 0.2) is 18.2 Å². The van der Waals surface area contributed by atoms with Crippen molar-refractivity contribution < 1.29 is 5.11 Å². The molecule has 2 heteroatoms. The number of aliphatic hydroxyl groups is 1. The van der Waals surface area contributed by atoms with Gasteiger partial charge in [0.2, 0.25) is 0 Å². The van der Waals surface area contributed by atoms with Gasteiger partial charge in [0.15, 0.2) is 0 Å². The highest BCUT2D eigenvalue weighted by atomic mass is 16.3. The van der Waals surface area contributed by atoms with Crippen LogP contribution >= 0.6 is 0 Å². The number of hydrogen-bond acceptors (Lipinski definition) is 2. The molecule has 1 aromatic carbocycles. The van der Waals surface area contributed by atoms with Gasteiger partial charge in [-0.2, -0.15) is 0 Å². The van der Waals surface area contributed by atoms with E-state index in [2.05, 4.69) is 37.4 Å². The topological polar surface area (TPSA) is 32.3 Å². The molecule has 0 amide bonds. The summed E-state index contributed by atoms with van der Waals surface area (Å²) in [7, 11) is 0. The van der Waals surface area contributed by atoms with Crippen LogP contribution in [0.1, 0.15) is 41.9 Å². The van der Waals surface area contributed by atoms with Crippen molar-refractivity contribution in [2.45, 2.75) is 39.0 Å². The van der Waals surface area contributed by atoms with E-state index in [1.165, 1.54) is 29.5 Å². The molecule has 1 aliphatic heterocycles. The standard InChI is InChI=1S/C16H25NO/c1-12-3-4-15(11-13(12)2)16(7-10-18)14-5-8-17-9-6-14/h3-4,11,14,16-18H,5-10H2,1-2H3. The molecule has 0 radical (unpaired) electrons. The van der Waals surface area contributed by atoms with Crippen LogP contribution in [-0.4, -0.2) is 24.8 Å². The second-order valence-electron chi connectivity index (χ2n) is 5.55. The predicted molar refractivity (Wildman–Crippen MR) is 76.0 cm³/mol. The van der Waals surface area contributed by atoms with Crippen molar-refractivity contribution in [3.05, 3.63) is 34.9 Å². The number of piperidine rings is 1. The fraction of sp³-hybridized carbons (Fsp3) is 0.625. The van der Waals surface area contributed by atoms with Crippen molar-refractivity contribution in [3.8, 4) is 0 Å². The molecule has 0 bridgehead atoms. The minimum absolute atomic E-state index is 0.293. The van der Waals surface area contributed by atoms with Gasteiger partial charge in [-0.05, 0) is 74.7 Å². The number of aliphatic hydroxyl groups excluding tert-OH is 1. The molecule has 1 atom stereocenters. The van der Waals surface area contributed by atoms with Crippen molar-refractivity contribution >= 4 is 0 Å². The Bertz CT molecular complexity index is 383. The molecule has 1 saturated heterocycles. The fourth-order valence-electron chi connectivity index (χ4n) is 3.06. The average Bonchev–Trinajstić information content (AvgIpc) is 2.40. The molecule has 0 spiro atoms. The summed E-state index contributed by atoms with van der Waals surface area (Å²) in [5.74, 6) is 1.25. The molecule has 0 aliphatic carbocycles. The largest absolute Gasteiger partial charge is 0.396 e. The summed E-state index contributed by atoms with van der Waals surface area (Å²) < 4.78 is 0. The highest BCUT2D eigenvalue weighted by Crippen LogP contribution is 2.34. The Balaban J connectivity index is 2.19. The number of rotatable bonds is 4. The quantitative estimate of drug-likeness (QED) is 0.857. The SMILES string of the molecule is Cc1ccc(C(CCO)C2CCNCC2)cc1C. The van der Waals surface area contributed by atoms with Crippen LogP contribution in [0.2, 0.25) is 0 Å². The lowest BCUT2D eigenvalue weighted by Gasteiger charge is -2.31. The molecule has 1 heterocycles. The van der Waals surface area contributed by atoms with Crippen LogP contribution < -0.4 is 5.32 Å². The van der Waals surface area contributed by atoms with Crippen LogP contribution in [0.5, 0.6) is 0 Å². The van der Waals surface area contributed by atoms with E-state index in [1.807, 2.05) is 0 Å². The molecule has 18 heavy (non-hydrogen) atoms. The van der Waals surface area contributed by atoms with Gasteiger partial charge in [-0.1, -0.05) is 18.2 Å². The Morgan fingerprint density at radius 2 is 1.94 bits per heavy atom. The number of aryl methyl sites for hydroxylation is 2. The van der Waals surface area contributed by atoms with Gasteiger partial charge in [0.05, 0.1) is 0 Å². The molecule has 1 aliphatic rings. The lowest BCUT2D eigenvalue weighted by Crippen LogP contribution is -2.31. The molecular formula is C16H25NO. The molecule has 1 fully saturated rings. The van der Waals surface area contributed by atoms with E-state index in [1.54, 1.807) is 0 Å². The minimum atomic E-state index is 0.293. The van der Waals surface area contributed by atoms with Gasteiger partial charge in [0.25, 0.3) is 0 Å². The van der Waals surface area contributed by atoms with Gasteiger partial charge in [-0.3, -0.25) is 0 Å². The maximum atomic E-state index is 9.34. The smallest absolute Gasteiger partial charge is 0.0436 e. The fourth-order valence-corrected chi connectivity index (χ4v) is 3.06. The third-order valence-electron chi connectivity index (χ3n) is 4.35. The average molecular weight is 247 g/mol. The van der Waals surface area contributed by atoms with Crippen LogP contribution in [-0.2, 0) is 0 Å². The van der Waals surface area contributed by atoms with Gasteiger partial charge in [-0.25, -0.2) is 0 Å². The normalized spacial score (nSPS) is 18.8. The first-order chi connectivity index (χ1) is 8.72. The summed E-state index contributed by atoms with van der Waals surface area (Å²) >= 11 is 0. The Hall–Kier alpha value is -0.860. The Morgan fingerprint density at radius 1 is 1.22 bits per heavy atom. The molecule has 0 aromatic heterocycles. The van der Waals surface area contributed by atoms with Gasteiger partial charge >= 0.3 is 0 Å². The lowest BCUT2D eigenvalue weighted by atomic mass is 9.78. The van der Waals surface area contributed by atoms with Gasteiger partial charge in [0.1, 0.15) is 0 Å². The summed E-state index contributed by atoms with van der Waals surface area (Å²) in [4.78, 5) is 0. The first-order valence-electron chi connectivity index (χ1n) is 7.11. The molecule has 1 aromatic rings. The van der Waals surface area contributed by atoms with E-state index in [0.29, 0.717) is 12.5 Å². The summed E-state index contributed by atoms with van der Waals surface area (Å²) in [5, 5.41) is 12.8. The first-order valence-corrected chi connectivity index (χ1v) is 7.11. The molecule has 2 rings (SSSR count). The van der Waals surface area contributed by atoms with Crippen molar-refractivity contribution in [2.24, 2.45) is 5.92 Å². The third kappa shape index (κ3) is 3.12. The van der Waals surface area contributed by atoms with Crippen molar-refractivity contribution in [1.29, 1.82) is 0 Å². The van der Waals surface area contributed by atoms with Crippen LogP contribution in [0.4, 0.5) is 0 Å². The van der Waals surface area contributed by atoms with Crippen molar-refractivity contribution in [2.75, 3.05) is 19.7 Å². The molecule has 0 saturated carbocycles. The molecule has 2 nitrogen and oxygen atoms in total. The Morgan fingerprint density at radius 3 is 2.56 bits per heavy atom. The second-order valence-corrected chi connectivity index (χ2v) is 5.55. The van der Waals surface area contributed by atoms with E-state index in [-0.39, 0.29) is 0 Å². The van der Waals surface area contributed by atoms with Crippen LogP contribution in [0, 0.1) is 19.8 Å². The molecule has 2 N–H and O–H groups in total. The molecule has 100 valence electrons. The van der Waals surface area contributed by atoms with Crippen LogP contribution in [0.3, 0.4) is 0 Å². The number of nitrogens with one attached hydrogen (secondary N) is 1. The maximum Gasteiger partial charge on any atom is 0.0436 e. The zero-order valence-electron chi connectivity index (χ0n) is 11.6. The predicted octanol–water partition coefficient (Wildman–Crippen LogP) is 2.77. The first kappa shape index (κ1) is 13.6. The Labute approximate surface area is 110 Å². The van der Waals surface area contributed by atoms with E-state index in [0.717, 1.165) is 25.4 Å². The van der Waals surface area contributed by atoms with Gasteiger partial charge < -0.3 is 10.4 Å². The molecular weight excluding hydrogens is 222 g/mol. The van der Waals surface area contributed by atoms with Crippen LogP contribution in [0.25, 0.3) is 0 Å². The van der Waals surface area contributed by atoms with Gasteiger partial charge in [-0.15, -0.1) is 0 Å². The van der Waals surface area contributed by atoms with E-state index in [4.69, 9.17) is 0 Å². The summed E-state index contributed by atoms with van der Waals surface area (Å²) in [6.07, 6.45) is 3.36. The highest BCUT2D eigenvalue weighted by Gasteiger charge is 2.24. The zero-order chi connectivity index (χ0) is 13.0. The third-order valence-corrected chi connectivity index (χ3v) is 4.35. The summed E-state index contributed by atoms with van der Waals surface area (Å²) in [5.41, 5.74) is 4.13. The maximum absolute atomic E-state index is 9.34. The Kier molecular flexibility index (Phi) is 4.79. The van der Waals surface area contributed by atoms with E-state index < -0.39 is 0 Å². The monoisotopic (exact) mass is 247 g/mol. The van der Waals surface area contributed by atoms with Crippen molar-refractivity contribution in [3.63, 3.8) is 0 Å². The number of benzene rings is 1. The number of hydrogen-bond donors (Lipinski definition) is 2.